The molecule has 0 saturated carbocycles. The van der Waals surface area contributed by atoms with Crippen LogP contribution in [-0.2, 0) is 13.1 Å². The number of aryl methyl sites for hydroxylation is 2. The highest BCUT2D eigenvalue weighted by molar-refractivity contribution is 5.91. The summed E-state index contributed by atoms with van der Waals surface area (Å²) in [6.45, 7) is 5.22. The van der Waals surface area contributed by atoms with Gasteiger partial charge in [0.2, 0.25) is 0 Å². The zero-order chi connectivity index (χ0) is 18.4. The van der Waals surface area contributed by atoms with Crippen molar-refractivity contribution in [3.63, 3.8) is 0 Å². The Labute approximate surface area is 153 Å². The van der Waals surface area contributed by atoms with E-state index in [-0.39, 0.29) is 5.91 Å². The molecule has 1 aromatic heterocycles. The zero-order valence-corrected chi connectivity index (χ0v) is 15.0. The van der Waals surface area contributed by atoms with Crippen molar-refractivity contribution in [1.29, 1.82) is 0 Å². The fraction of sp³-hybridized carbons (Fsp3) is 0.190. The molecule has 1 amide bonds. The molecule has 0 aliphatic heterocycles. The number of hydrogen-bond acceptors (Lipinski definition) is 4. The molecule has 0 spiro atoms. The molecule has 0 aliphatic carbocycles. The summed E-state index contributed by atoms with van der Waals surface area (Å²) >= 11 is 0. The first-order chi connectivity index (χ1) is 12.6. The standard InChI is InChI=1S/C21H22N4O/c1-15-6-8-17(9-7-15)11-23-20-14-22-19(13-24-20)21(26)25-12-18-5-3-4-16(2)10-18/h3-10,13-14H,11-12H2,1-2H3,(H,23,24)(H,25,26). The molecule has 0 radical (unpaired) electrons. The van der Waals surface area contributed by atoms with Crippen LogP contribution in [0.1, 0.15) is 32.7 Å². The van der Waals surface area contributed by atoms with Gasteiger partial charge in [-0.05, 0) is 25.0 Å². The first-order valence-electron chi connectivity index (χ1n) is 8.55. The second-order valence-corrected chi connectivity index (χ2v) is 6.30. The van der Waals surface area contributed by atoms with Gasteiger partial charge in [0.15, 0.2) is 0 Å². The first-order valence-corrected chi connectivity index (χ1v) is 8.55. The summed E-state index contributed by atoms with van der Waals surface area (Å²) in [5, 5.41) is 6.07. The Hall–Kier alpha value is -3.21. The minimum Gasteiger partial charge on any atom is -0.365 e. The summed E-state index contributed by atoms with van der Waals surface area (Å²) in [7, 11) is 0. The van der Waals surface area contributed by atoms with Crippen LogP contribution in [0, 0.1) is 13.8 Å². The predicted octanol–water partition coefficient (Wildman–Crippen LogP) is 3.64. The van der Waals surface area contributed by atoms with Crippen LogP contribution >= 0.6 is 0 Å². The summed E-state index contributed by atoms with van der Waals surface area (Å²) < 4.78 is 0. The molecule has 2 aromatic carbocycles. The van der Waals surface area contributed by atoms with Gasteiger partial charge in [-0.25, -0.2) is 9.97 Å². The average molecular weight is 346 g/mol. The molecule has 0 bridgehead atoms. The number of carbonyl (C=O) groups excluding carboxylic acids is 1. The van der Waals surface area contributed by atoms with Gasteiger partial charge in [-0.1, -0.05) is 59.7 Å². The molecule has 0 saturated heterocycles. The number of carbonyl (C=O) groups is 1. The molecule has 3 rings (SSSR count). The second-order valence-electron chi connectivity index (χ2n) is 6.30. The fourth-order valence-corrected chi connectivity index (χ4v) is 2.53. The van der Waals surface area contributed by atoms with E-state index in [0.29, 0.717) is 24.6 Å². The Bertz CT molecular complexity index is 873. The third-order valence-corrected chi connectivity index (χ3v) is 4.01. The van der Waals surface area contributed by atoms with E-state index in [1.165, 1.54) is 17.3 Å². The van der Waals surface area contributed by atoms with Crippen molar-refractivity contribution in [2.24, 2.45) is 0 Å². The normalized spacial score (nSPS) is 10.4. The van der Waals surface area contributed by atoms with Crippen LogP contribution in [0.3, 0.4) is 0 Å². The Morgan fingerprint density at radius 2 is 1.69 bits per heavy atom. The lowest BCUT2D eigenvalue weighted by molar-refractivity contribution is 0.0945. The van der Waals surface area contributed by atoms with Crippen LogP contribution in [0.5, 0.6) is 0 Å². The summed E-state index contributed by atoms with van der Waals surface area (Å²) in [4.78, 5) is 20.7. The zero-order valence-electron chi connectivity index (χ0n) is 15.0. The predicted molar refractivity (Wildman–Crippen MR) is 103 cm³/mol. The quantitative estimate of drug-likeness (QED) is 0.715. The maximum absolute atomic E-state index is 12.2. The van der Waals surface area contributed by atoms with E-state index in [0.717, 1.165) is 11.1 Å². The van der Waals surface area contributed by atoms with Crippen molar-refractivity contribution in [3.8, 4) is 0 Å². The van der Waals surface area contributed by atoms with Crippen molar-refractivity contribution in [2.45, 2.75) is 26.9 Å². The van der Waals surface area contributed by atoms with Crippen LogP contribution in [0.25, 0.3) is 0 Å². The minimum absolute atomic E-state index is 0.232. The molecule has 5 heteroatoms. The highest BCUT2D eigenvalue weighted by Gasteiger charge is 2.08. The number of nitrogens with zero attached hydrogens (tertiary/aromatic N) is 2. The Balaban J connectivity index is 1.53. The van der Waals surface area contributed by atoms with E-state index in [9.17, 15) is 4.79 Å². The van der Waals surface area contributed by atoms with Crippen LogP contribution in [0.15, 0.2) is 60.9 Å². The number of anilines is 1. The van der Waals surface area contributed by atoms with Gasteiger partial charge in [0.25, 0.3) is 5.91 Å². The van der Waals surface area contributed by atoms with Gasteiger partial charge in [-0.3, -0.25) is 4.79 Å². The van der Waals surface area contributed by atoms with E-state index in [2.05, 4.69) is 51.8 Å². The fourth-order valence-electron chi connectivity index (χ4n) is 2.53. The maximum atomic E-state index is 12.2. The lowest BCUT2D eigenvalue weighted by atomic mass is 10.1. The van der Waals surface area contributed by atoms with Crippen LogP contribution < -0.4 is 10.6 Å². The lowest BCUT2D eigenvalue weighted by Crippen LogP contribution is -2.24. The van der Waals surface area contributed by atoms with Crippen LogP contribution in [0.4, 0.5) is 5.82 Å². The summed E-state index contributed by atoms with van der Waals surface area (Å²) in [6, 6.07) is 16.3. The molecule has 0 unspecified atom stereocenters. The topological polar surface area (TPSA) is 66.9 Å². The van der Waals surface area contributed by atoms with E-state index in [1.54, 1.807) is 6.20 Å². The molecule has 0 fully saturated rings. The van der Waals surface area contributed by atoms with Crippen molar-refractivity contribution in [1.82, 2.24) is 15.3 Å². The largest absolute Gasteiger partial charge is 0.365 e. The van der Waals surface area contributed by atoms with E-state index in [4.69, 9.17) is 0 Å². The highest BCUT2D eigenvalue weighted by Crippen LogP contribution is 2.08. The molecular weight excluding hydrogens is 324 g/mol. The van der Waals surface area contributed by atoms with Crippen molar-refractivity contribution < 1.29 is 4.79 Å². The van der Waals surface area contributed by atoms with Gasteiger partial charge in [-0.2, -0.15) is 0 Å². The van der Waals surface area contributed by atoms with Gasteiger partial charge >= 0.3 is 0 Å². The first kappa shape index (κ1) is 17.6. The van der Waals surface area contributed by atoms with E-state index in [1.807, 2.05) is 31.2 Å². The number of aromatic nitrogens is 2. The third-order valence-electron chi connectivity index (χ3n) is 4.01. The Kier molecular flexibility index (Phi) is 5.59. The molecule has 2 N–H and O–H groups in total. The summed E-state index contributed by atoms with van der Waals surface area (Å²) in [5.74, 6) is 0.407. The molecule has 26 heavy (non-hydrogen) atoms. The van der Waals surface area contributed by atoms with Gasteiger partial charge in [0.1, 0.15) is 11.5 Å². The number of amides is 1. The average Bonchev–Trinajstić information content (AvgIpc) is 2.66. The van der Waals surface area contributed by atoms with Gasteiger partial charge in [-0.15, -0.1) is 0 Å². The second kappa shape index (κ2) is 8.25. The van der Waals surface area contributed by atoms with Crippen LogP contribution in [0.2, 0.25) is 0 Å². The molecule has 0 atom stereocenters. The summed E-state index contributed by atoms with van der Waals surface area (Å²) in [5.41, 5.74) is 4.92. The lowest BCUT2D eigenvalue weighted by Gasteiger charge is -2.08. The third kappa shape index (κ3) is 4.89. The maximum Gasteiger partial charge on any atom is 0.271 e. The minimum atomic E-state index is -0.232. The van der Waals surface area contributed by atoms with Crippen LogP contribution in [-0.4, -0.2) is 15.9 Å². The number of rotatable bonds is 6. The molecular formula is C21H22N4O. The van der Waals surface area contributed by atoms with Gasteiger partial charge in [0, 0.05) is 13.1 Å². The van der Waals surface area contributed by atoms with Crippen molar-refractivity contribution in [2.75, 3.05) is 5.32 Å². The van der Waals surface area contributed by atoms with Crippen molar-refractivity contribution >= 4 is 11.7 Å². The SMILES string of the molecule is Cc1ccc(CNc2cnc(C(=O)NCc3cccc(C)c3)cn2)cc1. The molecule has 132 valence electrons. The number of benzene rings is 2. The molecule has 1 heterocycles. The number of hydrogen-bond donors (Lipinski definition) is 2. The van der Waals surface area contributed by atoms with Gasteiger partial charge in [0.05, 0.1) is 12.4 Å². The van der Waals surface area contributed by atoms with Gasteiger partial charge < -0.3 is 10.6 Å². The number of nitrogens with one attached hydrogen (secondary N) is 2. The highest BCUT2D eigenvalue weighted by atomic mass is 16.1. The molecule has 5 nitrogen and oxygen atoms in total. The Morgan fingerprint density at radius 3 is 2.38 bits per heavy atom. The monoisotopic (exact) mass is 346 g/mol. The smallest absolute Gasteiger partial charge is 0.271 e. The van der Waals surface area contributed by atoms with Crippen molar-refractivity contribution in [3.05, 3.63) is 88.9 Å². The van der Waals surface area contributed by atoms with E-state index >= 15 is 0 Å². The molecule has 3 aromatic rings. The Morgan fingerprint density at radius 1 is 0.885 bits per heavy atom. The summed E-state index contributed by atoms with van der Waals surface area (Å²) in [6.07, 6.45) is 3.07. The van der Waals surface area contributed by atoms with E-state index < -0.39 is 0 Å². The molecule has 0 aliphatic rings.